The lowest BCUT2D eigenvalue weighted by atomic mass is 9.93. The van der Waals surface area contributed by atoms with Gasteiger partial charge in [-0.3, -0.25) is 15.1 Å². The van der Waals surface area contributed by atoms with E-state index in [1.54, 1.807) is 4.90 Å². The highest BCUT2D eigenvalue weighted by atomic mass is 16.2. The number of hydrogen-bond donors (Lipinski definition) is 4. The molecule has 0 aromatic heterocycles. The van der Waals surface area contributed by atoms with Crippen LogP contribution in [0.25, 0.3) is 0 Å². The van der Waals surface area contributed by atoms with Gasteiger partial charge in [-0.1, -0.05) is 30.3 Å². The van der Waals surface area contributed by atoms with Crippen LogP contribution in [0.3, 0.4) is 0 Å². The summed E-state index contributed by atoms with van der Waals surface area (Å²) in [6.07, 6.45) is 5.13. The Balaban J connectivity index is 2.19. The van der Waals surface area contributed by atoms with E-state index in [0.717, 1.165) is 37.7 Å². The zero-order valence-corrected chi connectivity index (χ0v) is 17.2. The minimum absolute atomic E-state index is 0.0198. The van der Waals surface area contributed by atoms with Crippen LogP contribution in [0.15, 0.2) is 35.3 Å². The number of carbonyl (C=O) groups excluding carboxylic acids is 2. The highest BCUT2D eigenvalue weighted by Crippen LogP contribution is 2.27. The van der Waals surface area contributed by atoms with E-state index < -0.39 is 17.7 Å². The third kappa shape index (κ3) is 6.54. The molecule has 0 radical (unpaired) electrons. The number of nitrogens with zero attached hydrogens (tertiary/aromatic N) is 2. The highest BCUT2D eigenvalue weighted by molar-refractivity contribution is 5.85. The van der Waals surface area contributed by atoms with Gasteiger partial charge in [-0.25, -0.2) is 0 Å². The molecule has 1 amide bonds. The molecule has 1 aromatic rings. The van der Waals surface area contributed by atoms with Gasteiger partial charge in [-0.05, 0) is 57.6 Å². The monoisotopic (exact) mass is 402 g/mol. The molecule has 3 atom stereocenters. The van der Waals surface area contributed by atoms with Gasteiger partial charge < -0.3 is 26.9 Å². The molecule has 29 heavy (non-hydrogen) atoms. The van der Waals surface area contributed by atoms with Crippen LogP contribution < -0.4 is 22.5 Å². The lowest BCUT2D eigenvalue weighted by molar-refractivity contribution is -0.148. The molecule has 8 heteroatoms. The molecule has 0 bridgehead atoms. The fourth-order valence-electron chi connectivity index (χ4n) is 3.92. The molecule has 7 N–H and O–H groups in total. The van der Waals surface area contributed by atoms with Gasteiger partial charge in [0.05, 0.1) is 17.7 Å². The minimum Gasteiger partial charge on any atom is -0.370 e. The molecule has 1 aromatic carbocycles. The van der Waals surface area contributed by atoms with Gasteiger partial charge in [0.1, 0.15) is 6.29 Å². The first-order valence-electron chi connectivity index (χ1n) is 10.3. The average Bonchev–Trinajstić information content (AvgIpc) is 2.70. The maximum absolute atomic E-state index is 13.4. The number of carbonyl (C=O) groups is 2. The van der Waals surface area contributed by atoms with Gasteiger partial charge in [0, 0.05) is 6.54 Å². The zero-order valence-electron chi connectivity index (χ0n) is 17.2. The number of nitrogens with two attached hydrogens (primary N) is 3. The quantitative estimate of drug-likeness (QED) is 0.194. The van der Waals surface area contributed by atoms with E-state index in [9.17, 15) is 9.59 Å². The van der Waals surface area contributed by atoms with Gasteiger partial charge in [0.2, 0.25) is 5.91 Å². The van der Waals surface area contributed by atoms with E-state index in [0.29, 0.717) is 25.8 Å². The summed E-state index contributed by atoms with van der Waals surface area (Å²) in [5, 5.41) is 3.44. The maximum Gasteiger partial charge on any atom is 0.241 e. The summed E-state index contributed by atoms with van der Waals surface area (Å²) in [5.74, 6) is -0.198. The van der Waals surface area contributed by atoms with E-state index in [4.69, 9.17) is 17.2 Å². The molecule has 2 rings (SSSR count). The number of hydrogen-bond acceptors (Lipinski definition) is 5. The minimum atomic E-state index is -0.724. The van der Waals surface area contributed by atoms with Crippen LogP contribution >= 0.6 is 0 Å². The van der Waals surface area contributed by atoms with Crippen molar-refractivity contribution in [1.29, 1.82) is 0 Å². The molecule has 1 aliphatic heterocycles. The fraction of sp³-hybridized carbons (Fsp3) is 0.571. The number of rotatable bonds is 10. The number of guanidine groups is 1. The standard InChI is InChI=1S/C21H34N6O2/c1-21(11-5-6-13-26-21)27(17(15-28)10-7-12-25-20(23)24)19(29)18(22)14-16-8-3-2-4-9-16/h2-4,8-9,15,17-18,26H,5-7,10-14,22H2,1H3,(H4,23,24,25)/t17-,18-,21?/m0/s1. The summed E-state index contributed by atoms with van der Waals surface area (Å²) < 4.78 is 0. The number of nitrogens with one attached hydrogen (secondary N) is 1. The summed E-state index contributed by atoms with van der Waals surface area (Å²) >= 11 is 0. The Hall–Kier alpha value is -2.45. The van der Waals surface area contributed by atoms with Crippen LogP contribution in [-0.2, 0) is 16.0 Å². The van der Waals surface area contributed by atoms with Gasteiger partial charge in [-0.2, -0.15) is 0 Å². The molecule has 160 valence electrons. The Morgan fingerprint density at radius 1 is 1.31 bits per heavy atom. The second kappa shape index (κ2) is 10.9. The number of aliphatic imine (C=N–C) groups is 1. The van der Waals surface area contributed by atoms with Crippen molar-refractivity contribution in [2.45, 2.75) is 63.2 Å². The molecule has 0 spiro atoms. The van der Waals surface area contributed by atoms with Crippen molar-refractivity contribution in [2.24, 2.45) is 22.2 Å². The topological polar surface area (TPSA) is 140 Å². The molecule has 8 nitrogen and oxygen atoms in total. The largest absolute Gasteiger partial charge is 0.370 e. The summed E-state index contributed by atoms with van der Waals surface area (Å²) in [6, 6.07) is 8.36. The van der Waals surface area contributed by atoms with Crippen molar-refractivity contribution >= 4 is 18.2 Å². The maximum atomic E-state index is 13.4. The molecule has 1 heterocycles. The van der Waals surface area contributed by atoms with E-state index in [1.165, 1.54) is 0 Å². The van der Waals surface area contributed by atoms with E-state index >= 15 is 0 Å². The molecule has 0 aliphatic carbocycles. The molecular formula is C21H34N6O2. The number of aldehydes is 1. The van der Waals surface area contributed by atoms with Crippen LogP contribution in [0.4, 0.5) is 0 Å². The number of amides is 1. The van der Waals surface area contributed by atoms with E-state index in [1.807, 2.05) is 37.3 Å². The van der Waals surface area contributed by atoms with Crippen LogP contribution in [-0.4, -0.2) is 53.9 Å². The SMILES string of the molecule is CC1(N(C(=O)[C@@H](N)Cc2ccccc2)[C@H](C=O)CCCN=C(N)N)CCCCN1. The molecule has 1 aliphatic rings. The summed E-state index contributed by atoms with van der Waals surface area (Å²) in [7, 11) is 0. The second-order valence-electron chi connectivity index (χ2n) is 7.81. The van der Waals surface area contributed by atoms with Gasteiger partial charge in [-0.15, -0.1) is 0 Å². The van der Waals surface area contributed by atoms with Crippen molar-refractivity contribution in [3.63, 3.8) is 0 Å². The van der Waals surface area contributed by atoms with Crippen LogP contribution in [0, 0.1) is 0 Å². The van der Waals surface area contributed by atoms with Crippen LogP contribution in [0.5, 0.6) is 0 Å². The number of piperidine rings is 1. The Labute approximate surface area is 172 Å². The third-order valence-electron chi connectivity index (χ3n) is 5.42. The fourth-order valence-corrected chi connectivity index (χ4v) is 3.92. The first-order valence-corrected chi connectivity index (χ1v) is 10.3. The van der Waals surface area contributed by atoms with Crippen LogP contribution in [0.2, 0.25) is 0 Å². The van der Waals surface area contributed by atoms with Crippen molar-refractivity contribution in [3.05, 3.63) is 35.9 Å². The van der Waals surface area contributed by atoms with Crippen molar-refractivity contribution in [1.82, 2.24) is 10.2 Å². The molecule has 1 fully saturated rings. The summed E-state index contributed by atoms with van der Waals surface area (Å²) in [4.78, 5) is 31.1. The second-order valence-corrected chi connectivity index (χ2v) is 7.81. The summed E-state index contributed by atoms with van der Waals surface area (Å²) in [6.45, 7) is 3.19. The smallest absolute Gasteiger partial charge is 0.241 e. The van der Waals surface area contributed by atoms with Gasteiger partial charge in [0.25, 0.3) is 0 Å². The number of benzene rings is 1. The van der Waals surface area contributed by atoms with E-state index in [2.05, 4.69) is 10.3 Å². The molecule has 1 saturated heterocycles. The summed E-state index contributed by atoms with van der Waals surface area (Å²) in [5.41, 5.74) is 17.4. The van der Waals surface area contributed by atoms with E-state index in [-0.39, 0.29) is 11.9 Å². The van der Waals surface area contributed by atoms with Crippen molar-refractivity contribution < 1.29 is 9.59 Å². The highest BCUT2D eigenvalue weighted by Gasteiger charge is 2.41. The normalized spacial score (nSPS) is 21.0. The Bertz CT molecular complexity index is 684. The lowest BCUT2D eigenvalue weighted by Crippen LogP contribution is -2.66. The molecule has 0 saturated carbocycles. The molecule has 1 unspecified atom stereocenters. The first-order chi connectivity index (χ1) is 13.9. The zero-order chi connectivity index (χ0) is 21.3. The Morgan fingerprint density at radius 2 is 2.03 bits per heavy atom. The first kappa shape index (κ1) is 22.8. The lowest BCUT2D eigenvalue weighted by Gasteiger charge is -2.48. The van der Waals surface area contributed by atoms with Crippen LogP contribution in [0.1, 0.15) is 44.6 Å². The predicted octanol–water partition coefficient (Wildman–Crippen LogP) is 0.496. The van der Waals surface area contributed by atoms with Gasteiger partial charge >= 0.3 is 0 Å². The molecular weight excluding hydrogens is 368 g/mol. The predicted molar refractivity (Wildman–Crippen MR) is 115 cm³/mol. The van der Waals surface area contributed by atoms with Crippen molar-refractivity contribution in [3.8, 4) is 0 Å². The Morgan fingerprint density at radius 3 is 2.62 bits per heavy atom. The van der Waals surface area contributed by atoms with Gasteiger partial charge in [0.15, 0.2) is 5.96 Å². The Kier molecular flexibility index (Phi) is 8.60. The average molecular weight is 403 g/mol. The van der Waals surface area contributed by atoms with Crippen molar-refractivity contribution in [2.75, 3.05) is 13.1 Å². The third-order valence-corrected chi connectivity index (χ3v) is 5.42.